The predicted molar refractivity (Wildman–Crippen MR) is 98.1 cm³/mol. The van der Waals surface area contributed by atoms with Crippen molar-refractivity contribution in [3.63, 3.8) is 0 Å². The Hall–Kier alpha value is -2.76. The van der Waals surface area contributed by atoms with Crippen molar-refractivity contribution in [2.75, 3.05) is 6.26 Å². The summed E-state index contributed by atoms with van der Waals surface area (Å²) < 4.78 is 40.0. The Balaban J connectivity index is 2.24. The second-order valence-electron chi connectivity index (χ2n) is 5.45. The van der Waals surface area contributed by atoms with Crippen molar-refractivity contribution >= 4 is 37.3 Å². The topological polar surface area (TPSA) is 68.5 Å². The van der Waals surface area contributed by atoms with Crippen molar-refractivity contribution in [1.82, 2.24) is 4.57 Å². The zero-order valence-corrected chi connectivity index (χ0v) is 15.3. The normalized spacial score (nSPS) is 12.3. The van der Waals surface area contributed by atoms with Crippen LogP contribution in [0.25, 0.3) is 10.2 Å². The number of sulfone groups is 1. The minimum atomic E-state index is -3.60. The summed E-state index contributed by atoms with van der Waals surface area (Å²) in [6.07, 6.45) is 6.38. The van der Waals surface area contributed by atoms with Crippen LogP contribution < -0.4 is 4.80 Å². The van der Waals surface area contributed by atoms with Crippen molar-refractivity contribution in [3.05, 3.63) is 58.6 Å². The lowest BCUT2D eigenvalue weighted by Gasteiger charge is -2.04. The van der Waals surface area contributed by atoms with Crippen LogP contribution in [-0.2, 0) is 16.4 Å². The monoisotopic (exact) mass is 388 g/mol. The molecule has 26 heavy (non-hydrogen) atoms. The summed E-state index contributed by atoms with van der Waals surface area (Å²) in [5.74, 6) is 1.21. The highest BCUT2D eigenvalue weighted by atomic mass is 32.2. The highest BCUT2D eigenvalue weighted by Crippen LogP contribution is 2.21. The van der Waals surface area contributed by atoms with Crippen molar-refractivity contribution < 1.29 is 17.6 Å². The number of hydrogen-bond acceptors (Lipinski definition) is 4. The van der Waals surface area contributed by atoms with Gasteiger partial charge in [0.1, 0.15) is 5.82 Å². The predicted octanol–water partition coefficient (Wildman–Crippen LogP) is 2.62. The molecule has 0 N–H and O–H groups in total. The number of amides is 1. The minimum Gasteiger partial charge on any atom is -0.302 e. The number of para-hydroxylation sites is 1. The lowest BCUT2D eigenvalue weighted by Crippen LogP contribution is -2.18. The fourth-order valence-electron chi connectivity index (χ4n) is 2.52. The van der Waals surface area contributed by atoms with E-state index in [1.807, 2.05) is 0 Å². The van der Waals surface area contributed by atoms with E-state index in [-0.39, 0.29) is 27.3 Å². The molecule has 0 saturated heterocycles. The molecule has 0 atom stereocenters. The number of carbonyl (C=O) groups is 1. The Kier molecular flexibility index (Phi) is 4.76. The highest BCUT2D eigenvalue weighted by Gasteiger charge is 2.18. The van der Waals surface area contributed by atoms with Crippen molar-refractivity contribution in [2.24, 2.45) is 4.99 Å². The van der Waals surface area contributed by atoms with E-state index >= 15 is 0 Å². The molecule has 5 nitrogen and oxygen atoms in total. The molecular weight excluding hydrogens is 375 g/mol. The van der Waals surface area contributed by atoms with E-state index in [9.17, 15) is 17.6 Å². The van der Waals surface area contributed by atoms with Crippen LogP contribution in [0.4, 0.5) is 4.39 Å². The number of benzene rings is 2. The maximum atomic E-state index is 14.2. The van der Waals surface area contributed by atoms with E-state index in [0.29, 0.717) is 4.70 Å². The number of rotatable bonds is 3. The van der Waals surface area contributed by atoms with Gasteiger partial charge in [0.15, 0.2) is 14.6 Å². The van der Waals surface area contributed by atoms with Gasteiger partial charge in [0.05, 0.1) is 27.2 Å². The van der Waals surface area contributed by atoms with Gasteiger partial charge in [-0.05, 0) is 24.3 Å². The van der Waals surface area contributed by atoms with Crippen LogP contribution in [-0.4, -0.2) is 25.1 Å². The molecule has 0 spiro atoms. The summed E-state index contributed by atoms with van der Waals surface area (Å²) in [5.41, 5.74) is 0.221. The quantitative estimate of drug-likeness (QED) is 0.648. The van der Waals surface area contributed by atoms with Gasteiger partial charge in [0, 0.05) is 6.26 Å². The first-order valence-electron chi connectivity index (χ1n) is 7.42. The molecule has 3 rings (SSSR count). The number of halogens is 1. The smallest absolute Gasteiger partial charge is 0.280 e. The molecule has 1 heterocycles. The molecule has 0 fully saturated rings. The third kappa shape index (κ3) is 3.31. The summed E-state index contributed by atoms with van der Waals surface area (Å²) >= 11 is 1.10. The van der Waals surface area contributed by atoms with E-state index in [1.54, 1.807) is 18.2 Å². The third-order valence-corrected chi connectivity index (χ3v) is 5.81. The van der Waals surface area contributed by atoms with E-state index in [1.165, 1.54) is 28.8 Å². The number of terminal acetylenes is 1. The average Bonchev–Trinajstić information content (AvgIpc) is 2.93. The fraction of sp³-hybridized carbons (Fsp3) is 0.111. The Morgan fingerprint density at radius 2 is 2.00 bits per heavy atom. The first-order chi connectivity index (χ1) is 12.3. The molecule has 0 aliphatic heterocycles. The Morgan fingerprint density at radius 3 is 2.69 bits per heavy atom. The van der Waals surface area contributed by atoms with Crippen molar-refractivity contribution in [1.29, 1.82) is 0 Å². The lowest BCUT2D eigenvalue weighted by molar-refractivity contribution is 0.0994. The molecule has 132 valence electrons. The van der Waals surface area contributed by atoms with E-state index in [4.69, 9.17) is 6.42 Å². The SMILES string of the molecule is C#CCn1c(=NC(=O)c2ccccc2S(C)(=O)=O)sc2cccc(F)c21. The third-order valence-electron chi connectivity index (χ3n) is 3.62. The molecule has 0 radical (unpaired) electrons. The number of thiazole rings is 1. The van der Waals surface area contributed by atoms with Gasteiger partial charge in [0.25, 0.3) is 5.91 Å². The zero-order chi connectivity index (χ0) is 18.9. The van der Waals surface area contributed by atoms with Gasteiger partial charge in [-0.25, -0.2) is 12.8 Å². The molecule has 8 heteroatoms. The standard InChI is InChI=1S/C18H13FN2O3S2/c1-3-11-21-16-13(19)8-6-9-14(16)25-18(21)20-17(22)12-7-4-5-10-15(12)26(2,23)24/h1,4-10H,11H2,2H3. The summed E-state index contributed by atoms with van der Waals surface area (Å²) in [7, 11) is -3.60. The fourth-order valence-corrected chi connectivity index (χ4v) is 4.45. The zero-order valence-electron chi connectivity index (χ0n) is 13.6. The van der Waals surface area contributed by atoms with Crippen LogP contribution >= 0.6 is 11.3 Å². The van der Waals surface area contributed by atoms with Gasteiger partial charge in [-0.3, -0.25) is 4.79 Å². The second kappa shape index (κ2) is 6.86. The summed E-state index contributed by atoms with van der Waals surface area (Å²) in [6.45, 7) is 0.0285. The molecule has 0 aliphatic carbocycles. The first kappa shape index (κ1) is 18.0. The summed E-state index contributed by atoms with van der Waals surface area (Å²) in [4.78, 5) is 16.7. The van der Waals surface area contributed by atoms with Gasteiger partial charge in [-0.15, -0.1) is 6.42 Å². The molecule has 2 aromatic carbocycles. The molecule has 1 amide bonds. The molecule has 0 unspecified atom stereocenters. The summed E-state index contributed by atoms with van der Waals surface area (Å²) in [6, 6.07) is 10.4. The maximum Gasteiger partial charge on any atom is 0.280 e. The molecule has 3 aromatic rings. The number of aromatic nitrogens is 1. The number of carbonyl (C=O) groups excluding carboxylic acids is 1. The molecule has 0 saturated carbocycles. The highest BCUT2D eigenvalue weighted by molar-refractivity contribution is 7.90. The van der Waals surface area contributed by atoms with Crippen LogP contribution in [0.1, 0.15) is 10.4 Å². The largest absolute Gasteiger partial charge is 0.302 e. The number of hydrogen-bond donors (Lipinski definition) is 0. The van der Waals surface area contributed by atoms with Crippen LogP contribution in [0.2, 0.25) is 0 Å². The maximum absolute atomic E-state index is 14.2. The van der Waals surface area contributed by atoms with Crippen LogP contribution in [0.15, 0.2) is 52.4 Å². The Bertz CT molecular complexity index is 1230. The molecular formula is C18H13FN2O3S2. The average molecular weight is 388 g/mol. The van der Waals surface area contributed by atoms with Gasteiger partial charge >= 0.3 is 0 Å². The van der Waals surface area contributed by atoms with Gasteiger partial charge in [-0.2, -0.15) is 4.99 Å². The van der Waals surface area contributed by atoms with Gasteiger partial charge in [-0.1, -0.05) is 35.5 Å². The molecule has 0 bridgehead atoms. The van der Waals surface area contributed by atoms with Crippen molar-refractivity contribution in [3.8, 4) is 12.3 Å². The Labute approximate surface area is 153 Å². The lowest BCUT2D eigenvalue weighted by atomic mass is 10.2. The molecule has 0 aliphatic rings. The first-order valence-corrected chi connectivity index (χ1v) is 10.1. The minimum absolute atomic E-state index is 0.0285. The molecule has 1 aromatic heterocycles. The van der Waals surface area contributed by atoms with Crippen LogP contribution in [0.3, 0.4) is 0 Å². The van der Waals surface area contributed by atoms with Crippen LogP contribution in [0.5, 0.6) is 0 Å². The van der Waals surface area contributed by atoms with Gasteiger partial charge in [0.2, 0.25) is 0 Å². The van der Waals surface area contributed by atoms with Crippen LogP contribution in [0, 0.1) is 18.2 Å². The second-order valence-corrected chi connectivity index (χ2v) is 8.44. The number of fused-ring (bicyclic) bond motifs is 1. The number of nitrogens with zero attached hydrogens (tertiary/aromatic N) is 2. The van der Waals surface area contributed by atoms with E-state index < -0.39 is 21.6 Å². The Morgan fingerprint density at radius 1 is 1.27 bits per heavy atom. The van der Waals surface area contributed by atoms with E-state index in [0.717, 1.165) is 17.6 Å². The van der Waals surface area contributed by atoms with Gasteiger partial charge < -0.3 is 4.57 Å². The summed E-state index contributed by atoms with van der Waals surface area (Å²) in [5, 5.41) is 0. The van der Waals surface area contributed by atoms with Crippen molar-refractivity contribution in [2.45, 2.75) is 11.4 Å². The van der Waals surface area contributed by atoms with E-state index in [2.05, 4.69) is 10.9 Å².